The van der Waals surface area contributed by atoms with Crippen molar-refractivity contribution in [3.63, 3.8) is 0 Å². The summed E-state index contributed by atoms with van der Waals surface area (Å²) in [6.45, 7) is 3.21. The molecule has 0 radical (unpaired) electrons. The number of piperidine rings is 1. The number of rotatable bonds is 3. The minimum Gasteiger partial charge on any atom is -0.496 e. The number of ether oxygens (including phenoxy) is 2. The SMILES string of the molecule is COc1c(C)ccc2c1CC[C@H]1[C@H]2CCCN1C(=O)OCc1ccccc1. The summed E-state index contributed by atoms with van der Waals surface area (Å²) in [5.74, 6) is 1.40. The van der Waals surface area contributed by atoms with Crippen molar-refractivity contribution in [2.24, 2.45) is 0 Å². The Morgan fingerprint density at radius 1 is 1.15 bits per heavy atom. The van der Waals surface area contributed by atoms with Crippen LogP contribution in [0.2, 0.25) is 0 Å². The predicted molar refractivity (Wildman–Crippen MR) is 105 cm³/mol. The Morgan fingerprint density at radius 2 is 1.96 bits per heavy atom. The first-order chi connectivity index (χ1) is 13.2. The number of likely N-dealkylation sites (tertiary alicyclic amines) is 1. The fourth-order valence-corrected chi connectivity index (χ4v) is 4.75. The molecule has 1 aliphatic carbocycles. The Balaban J connectivity index is 1.52. The van der Waals surface area contributed by atoms with E-state index in [4.69, 9.17) is 9.47 Å². The van der Waals surface area contributed by atoms with Gasteiger partial charge in [-0.25, -0.2) is 4.79 Å². The second kappa shape index (κ2) is 7.63. The van der Waals surface area contributed by atoms with Crippen LogP contribution >= 0.6 is 0 Å². The van der Waals surface area contributed by atoms with E-state index in [1.54, 1.807) is 7.11 Å². The molecule has 2 aliphatic rings. The second-order valence-corrected chi connectivity index (χ2v) is 7.57. The molecule has 0 bridgehead atoms. The van der Waals surface area contributed by atoms with E-state index >= 15 is 0 Å². The quantitative estimate of drug-likeness (QED) is 0.782. The summed E-state index contributed by atoms with van der Waals surface area (Å²) in [6.07, 6.45) is 3.86. The topological polar surface area (TPSA) is 38.8 Å². The van der Waals surface area contributed by atoms with Crippen molar-refractivity contribution in [1.82, 2.24) is 4.90 Å². The molecule has 1 fully saturated rings. The first-order valence-corrected chi connectivity index (χ1v) is 9.82. The maximum absolute atomic E-state index is 12.8. The van der Waals surface area contributed by atoms with E-state index in [9.17, 15) is 4.79 Å². The summed E-state index contributed by atoms with van der Waals surface area (Å²) in [6, 6.07) is 14.5. The average Bonchev–Trinajstić information content (AvgIpc) is 2.71. The van der Waals surface area contributed by atoms with Crippen molar-refractivity contribution < 1.29 is 14.3 Å². The lowest BCUT2D eigenvalue weighted by Gasteiger charge is -2.44. The number of hydrogen-bond donors (Lipinski definition) is 0. The third-order valence-electron chi connectivity index (χ3n) is 6.01. The minimum atomic E-state index is -0.184. The first kappa shape index (κ1) is 17.9. The number of aryl methyl sites for hydroxylation is 1. The number of nitrogens with zero attached hydrogens (tertiary/aromatic N) is 1. The molecular weight excluding hydrogens is 338 g/mol. The number of methoxy groups -OCH3 is 1. The number of amides is 1. The number of hydrogen-bond acceptors (Lipinski definition) is 3. The molecule has 1 amide bonds. The molecule has 2 aromatic rings. The van der Waals surface area contributed by atoms with Crippen molar-refractivity contribution >= 4 is 6.09 Å². The normalized spacial score (nSPS) is 21.2. The van der Waals surface area contributed by atoms with Crippen LogP contribution in [-0.4, -0.2) is 30.7 Å². The monoisotopic (exact) mass is 365 g/mol. The predicted octanol–water partition coefficient (Wildman–Crippen LogP) is 4.83. The number of fused-ring (bicyclic) bond motifs is 3. The third kappa shape index (κ3) is 3.41. The molecule has 0 saturated carbocycles. The third-order valence-corrected chi connectivity index (χ3v) is 6.01. The second-order valence-electron chi connectivity index (χ2n) is 7.57. The van der Waals surface area contributed by atoms with Gasteiger partial charge in [-0.3, -0.25) is 0 Å². The van der Waals surface area contributed by atoms with Crippen LogP contribution in [0.3, 0.4) is 0 Å². The van der Waals surface area contributed by atoms with E-state index in [-0.39, 0.29) is 12.1 Å². The number of carbonyl (C=O) groups excluding carboxylic acids is 1. The molecule has 4 heteroatoms. The van der Waals surface area contributed by atoms with Crippen molar-refractivity contribution in [3.05, 3.63) is 64.7 Å². The van der Waals surface area contributed by atoms with Crippen molar-refractivity contribution in [1.29, 1.82) is 0 Å². The Morgan fingerprint density at radius 3 is 2.74 bits per heavy atom. The van der Waals surface area contributed by atoms with Crippen molar-refractivity contribution in [2.75, 3.05) is 13.7 Å². The smallest absolute Gasteiger partial charge is 0.410 e. The Labute approximate surface area is 161 Å². The minimum absolute atomic E-state index is 0.184. The van der Waals surface area contributed by atoms with E-state index in [2.05, 4.69) is 19.1 Å². The maximum Gasteiger partial charge on any atom is 0.410 e. The van der Waals surface area contributed by atoms with Gasteiger partial charge in [0, 0.05) is 18.5 Å². The van der Waals surface area contributed by atoms with Crippen molar-refractivity contribution in [2.45, 2.75) is 51.2 Å². The fourth-order valence-electron chi connectivity index (χ4n) is 4.75. The lowest BCUT2D eigenvalue weighted by molar-refractivity contribution is 0.0566. The zero-order chi connectivity index (χ0) is 18.8. The van der Waals surface area contributed by atoms with E-state index in [0.717, 1.165) is 43.5 Å². The molecule has 27 heavy (non-hydrogen) atoms. The summed E-state index contributed by atoms with van der Waals surface area (Å²) in [5.41, 5.74) is 4.89. The molecular formula is C23H27NO3. The summed E-state index contributed by atoms with van der Waals surface area (Å²) < 4.78 is 11.3. The van der Waals surface area contributed by atoms with Crippen LogP contribution < -0.4 is 4.74 Å². The lowest BCUT2D eigenvalue weighted by atomic mass is 9.73. The first-order valence-electron chi connectivity index (χ1n) is 9.82. The van der Waals surface area contributed by atoms with Gasteiger partial charge in [-0.15, -0.1) is 0 Å². The summed E-state index contributed by atoms with van der Waals surface area (Å²) in [5, 5.41) is 0. The summed E-state index contributed by atoms with van der Waals surface area (Å²) >= 11 is 0. The van der Waals surface area contributed by atoms with Crippen molar-refractivity contribution in [3.8, 4) is 5.75 Å². The van der Waals surface area contributed by atoms with Crippen LogP contribution in [0.1, 0.15) is 47.4 Å². The molecule has 0 aromatic heterocycles. The molecule has 2 atom stereocenters. The molecule has 0 unspecified atom stereocenters. The standard InChI is InChI=1S/C23H27NO3/c1-16-10-11-18-19-9-6-14-24(21(19)13-12-20(18)22(16)26-2)23(25)27-15-17-7-4-3-5-8-17/h3-5,7-8,10-11,19,21H,6,9,12-15H2,1-2H3/t19-,21-/m0/s1. The molecule has 0 spiro atoms. The number of carbonyl (C=O) groups is 1. The molecule has 1 saturated heterocycles. The Hall–Kier alpha value is -2.49. The maximum atomic E-state index is 12.8. The van der Waals surface area contributed by atoms with Crippen LogP contribution in [-0.2, 0) is 17.8 Å². The zero-order valence-corrected chi connectivity index (χ0v) is 16.1. The van der Waals surface area contributed by atoms with Crippen LogP contribution in [0.15, 0.2) is 42.5 Å². The Bertz CT molecular complexity index is 818. The van der Waals surface area contributed by atoms with E-state index in [0.29, 0.717) is 12.5 Å². The molecule has 1 heterocycles. The van der Waals surface area contributed by atoms with Gasteiger partial charge >= 0.3 is 6.09 Å². The van der Waals surface area contributed by atoms with Gasteiger partial charge in [0.2, 0.25) is 0 Å². The van der Waals surface area contributed by atoms with E-state index in [1.165, 1.54) is 16.7 Å². The van der Waals surface area contributed by atoms with Gasteiger partial charge in [-0.1, -0.05) is 42.5 Å². The Kier molecular flexibility index (Phi) is 5.06. The highest BCUT2D eigenvalue weighted by molar-refractivity contribution is 5.69. The fraction of sp³-hybridized carbons (Fsp3) is 0.435. The van der Waals surface area contributed by atoms with Crippen LogP contribution in [0.5, 0.6) is 5.75 Å². The highest BCUT2D eigenvalue weighted by Gasteiger charge is 2.40. The van der Waals surface area contributed by atoms with Crippen LogP contribution in [0.4, 0.5) is 4.79 Å². The van der Waals surface area contributed by atoms with Gasteiger partial charge in [0.25, 0.3) is 0 Å². The average molecular weight is 365 g/mol. The van der Waals surface area contributed by atoms with Gasteiger partial charge < -0.3 is 14.4 Å². The van der Waals surface area contributed by atoms with Gasteiger partial charge in [0.1, 0.15) is 12.4 Å². The van der Waals surface area contributed by atoms with Gasteiger partial charge in [-0.05, 0) is 54.9 Å². The largest absolute Gasteiger partial charge is 0.496 e. The molecule has 142 valence electrons. The molecule has 2 aromatic carbocycles. The summed E-state index contributed by atoms with van der Waals surface area (Å²) in [7, 11) is 1.75. The van der Waals surface area contributed by atoms with Gasteiger partial charge in [-0.2, -0.15) is 0 Å². The molecule has 1 aliphatic heterocycles. The molecule has 4 nitrogen and oxygen atoms in total. The van der Waals surface area contributed by atoms with Gasteiger partial charge in [0.15, 0.2) is 0 Å². The zero-order valence-electron chi connectivity index (χ0n) is 16.1. The van der Waals surface area contributed by atoms with Crippen LogP contribution in [0, 0.1) is 6.92 Å². The molecule has 0 N–H and O–H groups in total. The van der Waals surface area contributed by atoms with E-state index < -0.39 is 0 Å². The molecule has 4 rings (SSSR count). The van der Waals surface area contributed by atoms with Crippen LogP contribution in [0.25, 0.3) is 0 Å². The lowest BCUT2D eigenvalue weighted by Crippen LogP contribution is -2.49. The van der Waals surface area contributed by atoms with Gasteiger partial charge in [0.05, 0.1) is 7.11 Å². The summed E-state index contributed by atoms with van der Waals surface area (Å²) in [4.78, 5) is 14.8. The highest BCUT2D eigenvalue weighted by Crippen LogP contribution is 2.44. The van der Waals surface area contributed by atoms with E-state index in [1.807, 2.05) is 35.2 Å². The highest BCUT2D eigenvalue weighted by atomic mass is 16.6. The number of benzene rings is 2.